The molecule has 0 bridgehead atoms. The predicted molar refractivity (Wildman–Crippen MR) is 100 cm³/mol. The summed E-state index contributed by atoms with van der Waals surface area (Å²) in [5.74, 6) is 0.168. The Kier molecular flexibility index (Phi) is 6.35. The second kappa shape index (κ2) is 8.71. The molecule has 0 aromatic carbocycles. The van der Waals surface area contributed by atoms with E-state index >= 15 is 0 Å². The molecule has 3 heterocycles. The van der Waals surface area contributed by atoms with Crippen molar-refractivity contribution in [2.75, 3.05) is 26.2 Å². The maximum Gasteiger partial charge on any atom is 0.255 e. The average Bonchev–Trinajstić information content (AvgIpc) is 3.26. The molecule has 1 aromatic rings. The van der Waals surface area contributed by atoms with Crippen LogP contribution in [0.5, 0.6) is 0 Å². The maximum atomic E-state index is 12.9. The van der Waals surface area contributed by atoms with Gasteiger partial charge in [0.05, 0.1) is 11.7 Å². The van der Waals surface area contributed by atoms with Crippen molar-refractivity contribution in [2.24, 2.45) is 0 Å². The lowest BCUT2D eigenvalue weighted by Crippen LogP contribution is -2.36. The van der Waals surface area contributed by atoms with Gasteiger partial charge in [-0.15, -0.1) is 0 Å². The number of aromatic amines is 1. The number of nitrogens with zero attached hydrogens (tertiary/aromatic N) is 1. The zero-order chi connectivity index (χ0) is 18.5. The summed E-state index contributed by atoms with van der Waals surface area (Å²) in [7, 11) is 0. The number of hydrogen-bond donors (Lipinski definition) is 2. The van der Waals surface area contributed by atoms with Crippen molar-refractivity contribution < 1.29 is 14.3 Å². The minimum Gasteiger partial charge on any atom is -0.376 e. The molecule has 0 unspecified atom stereocenters. The number of aromatic nitrogens is 1. The Morgan fingerprint density at radius 1 is 1.19 bits per heavy atom. The molecule has 6 heteroatoms. The first-order valence-electron chi connectivity index (χ1n) is 9.92. The molecule has 0 saturated carbocycles. The first-order chi connectivity index (χ1) is 12.6. The Bertz CT molecular complexity index is 641. The Morgan fingerprint density at radius 3 is 2.65 bits per heavy atom. The topological polar surface area (TPSA) is 74.4 Å². The van der Waals surface area contributed by atoms with E-state index in [-0.39, 0.29) is 17.9 Å². The smallest absolute Gasteiger partial charge is 0.255 e. The van der Waals surface area contributed by atoms with Gasteiger partial charge in [-0.25, -0.2) is 0 Å². The minimum atomic E-state index is 0.0380. The summed E-state index contributed by atoms with van der Waals surface area (Å²) in [5, 5.41) is 2.96. The summed E-state index contributed by atoms with van der Waals surface area (Å²) >= 11 is 0. The van der Waals surface area contributed by atoms with Crippen LogP contribution in [0, 0.1) is 13.8 Å². The largest absolute Gasteiger partial charge is 0.376 e. The first-order valence-corrected chi connectivity index (χ1v) is 9.92. The number of piperidine rings is 1. The lowest BCUT2D eigenvalue weighted by Gasteiger charge is -2.27. The molecule has 2 aliphatic heterocycles. The molecule has 6 nitrogen and oxygen atoms in total. The number of hydrogen-bond acceptors (Lipinski definition) is 3. The van der Waals surface area contributed by atoms with Crippen LogP contribution in [-0.4, -0.2) is 54.0 Å². The van der Waals surface area contributed by atoms with E-state index in [2.05, 4.69) is 10.3 Å². The minimum absolute atomic E-state index is 0.0380. The molecule has 2 fully saturated rings. The highest BCUT2D eigenvalue weighted by Gasteiger charge is 2.24. The molecule has 2 aliphatic rings. The lowest BCUT2D eigenvalue weighted by atomic mass is 10.0. The molecular weight excluding hydrogens is 330 g/mol. The van der Waals surface area contributed by atoms with Crippen molar-refractivity contribution in [3.8, 4) is 0 Å². The third-order valence-corrected chi connectivity index (χ3v) is 5.55. The van der Waals surface area contributed by atoms with Gasteiger partial charge in [-0.3, -0.25) is 9.59 Å². The first kappa shape index (κ1) is 19.0. The van der Waals surface area contributed by atoms with Gasteiger partial charge < -0.3 is 19.9 Å². The van der Waals surface area contributed by atoms with Gasteiger partial charge >= 0.3 is 0 Å². The van der Waals surface area contributed by atoms with Crippen molar-refractivity contribution in [1.82, 2.24) is 15.2 Å². The SMILES string of the molecule is Cc1[nH]c(CCC(=O)NC[C@@H]2CCCO2)c(C)c1C(=O)N1CCCCC1. The molecule has 3 rings (SSSR count). The number of likely N-dealkylation sites (tertiary alicyclic amines) is 1. The van der Waals surface area contributed by atoms with Gasteiger partial charge in [0.1, 0.15) is 0 Å². The van der Waals surface area contributed by atoms with Crippen LogP contribution in [0.3, 0.4) is 0 Å². The maximum absolute atomic E-state index is 12.9. The van der Waals surface area contributed by atoms with Crippen LogP contribution in [0.2, 0.25) is 0 Å². The van der Waals surface area contributed by atoms with Gasteiger partial charge in [-0.05, 0) is 57.9 Å². The fourth-order valence-corrected chi connectivity index (χ4v) is 4.00. The zero-order valence-corrected chi connectivity index (χ0v) is 16.0. The van der Waals surface area contributed by atoms with Crippen LogP contribution in [0.1, 0.15) is 65.8 Å². The van der Waals surface area contributed by atoms with Crippen molar-refractivity contribution >= 4 is 11.8 Å². The molecule has 2 N–H and O–H groups in total. The van der Waals surface area contributed by atoms with Gasteiger partial charge in [0, 0.05) is 44.0 Å². The molecular formula is C20H31N3O3. The number of carbonyl (C=O) groups is 2. The summed E-state index contributed by atoms with van der Waals surface area (Å²) in [6.45, 7) is 7.04. The van der Waals surface area contributed by atoms with E-state index in [1.807, 2.05) is 18.7 Å². The number of nitrogens with one attached hydrogen (secondary N) is 2. The van der Waals surface area contributed by atoms with Gasteiger partial charge in [0.25, 0.3) is 5.91 Å². The highest BCUT2D eigenvalue weighted by molar-refractivity contribution is 5.97. The molecule has 2 amide bonds. The van der Waals surface area contributed by atoms with E-state index in [4.69, 9.17) is 4.74 Å². The monoisotopic (exact) mass is 361 g/mol. The van der Waals surface area contributed by atoms with Crippen LogP contribution < -0.4 is 5.32 Å². The molecule has 0 spiro atoms. The number of ether oxygens (including phenoxy) is 1. The second-order valence-electron chi connectivity index (χ2n) is 7.52. The van der Waals surface area contributed by atoms with E-state index in [9.17, 15) is 9.59 Å². The second-order valence-corrected chi connectivity index (χ2v) is 7.52. The quantitative estimate of drug-likeness (QED) is 0.817. The Morgan fingerprint density at radius 2 is 1.96 bits per heavy atom. The fourth-order valence-electron chi connectivity index (χ4n) is 4.00. The van der Waals surface area contributed by atoms with E-state index < -0.39 is 0 Å². The van der Waals surface area contributed by atoms with Gasteiger partial charge in [0.15, 0.2) is 0 Å². The Labute approximate surface area is 155 Å². The van der Waals surface area contributed by atoms with Crippen LogP contribution in [0.15, 0.2) is 0 Å². The van der Waals surface area contributed by atoms with Crippen molar-refractivity contribution in [3.63, 3.8) is 0 Å². The standard InChI is InChI=1S/C20H31N3O3/c1-14-17(8-9-18(24)21-13-16-7-6-12-26-16)22-15(2)19(14)20(25)23-10-4-3-5-11-23/h16,22H,3-13H2,1-2H3,(H,21,24)/t16-/m0/s1. The third-order valence-electron chi connectivity index (χ3n) is 5.55. The molecule has 144 valence electrons. The van der Waals surface area contributed by atoms with Crippen LogP contribution in [0.25, 0.3) is 0 Å². The van der Waals surface area contributed by atoms with E-state index in [1.54, 1.807) is 0 Å². The van der Waals surface area contributed by atoms with Crippen molar-refractivity contribution in [1.29, 1.82) is 0 Å². The summed E-state index contributed by atoms with van der Waals surface area (Å²) in [4.78, 5) is 30.3. The van der Waals surface area contributed by atoms with Gasteiger partial charge in [-0.2, -0.15) is 0 Å². The number of H-pyrrole nitrogens is 1. The summed E-state index contributed by atoms with van der Waals surface area (Å²) in [6, 6.07) is 0. The zero-order valence-electron chi connectivity index (χ0n) is 16.0. The van der Waals surface area contributed by atoms with Crippen LogP contribution in [-0.2, 0) is 16.0 Å². The molecule has 0 aliphatic carbocycles. The number of amides is 2. The summed E-state index contributed by atoms with van der Waals surface area (Å²) < 4.78 is 5.53. The van der Waals surface area contributed by atoms with Gasteiger partial charge in [0.2, 0.25) is 5.91 Å². The van der Waals surface area contributed by atoms with E-state index in [0.717, 1.165) is 67.9 Å². The van der Waals surface area contributed by atoms with Crippen LogP contribution >= 0.6 is 0 Å². The molecule has 26 heavy (non-hydrogen) atoms. The van der Waals surface area contributed by atoms with Gasteiger partial charge in [-0.1, -0.05) is 0 Å². The highest BCUT2D eigenvalue weighted by Crippen LogP contribution is 2.23. The number of rotatable bonds is 6. The van der Waals surface area contributed by atoms with Crippen molar-refractivity contribution in [3.05, 3.63) is 22.5 Å². The van der Waals surface area contributed by atoms with E-state index in [1.165, 1.54) is 6.42 Å². The predicted octanol–water partition coefficient (Wildman–Crippen LogP) is 2.49. The lowest BCUT2D eigenvalue weighted by molar-refractivity contribution is -0.121. The molecule has 2 saturated heterocycles. The molecule has 1 atom stereocenters. The Balaban J connectivity index is 1.55. The highest BCUT2D eigenvalue weighted by atomic mass is 16.5. The van der Waals surface area contributed by atoms with Crippen molar-refractivity contribution in [2.45, 2.75) is 64.9 Å². The van der Waals surface area contributed by atoms with Crippen LogP contribution in [0.4, 0.5) is 0 Å². The van der Waals surface area contributed by atoms with E-state index in [0.29, 0.717) is 19.4 Å². The molecule has 0 radical (unpaired) electrons. The third kappa shape index (κ3) is 4.47. The summed E-state index contributed by atoms with van der Waals surface area (Å²) in [5.41, 5.74) is 3.69. The summed E-state index contributed by atoms with van der Waals surface area (Å²) in [6.07, 6.45) is 6.70. The molecule has 1 aromatic heterocycles. The number of carbonyl (C=O) groups excluding carboxylic acids is 2. The fraction of sp³-hybridized carbons (Fsp3) is 0.700. The Hall–Kier alpha value is -1.82. The average molecular weight is 361 g/mol. The number of aryl methyl sites for hydroxylation is 2. The normalized spacial score (nSPS) is 20.4.